The fourth-order valence-corrected chi connectivity index (χ4v) is 4.21. The Hall–Kier alpha value is -3.73. The van der Waals surface area contributed by atoms with Crippen molar-refractivity contribution in [1.82, 2.24) is 0 Å². The van der Waals surface area contributed by atoms with E-state index in [1.165, 1.54) is 11.8 Å². The zero-order valence-electron chi connectivity index (χ0n) is 15.9. The van der Waals surface area contributed by atoms with Crippen molar-refractivity contribution in [2.45, 2.75) is 19.8 Å². The third kappa shape index (κ3) is 2.58. The van der Waals surface area contributed by atoms with E-state index >= 15 is 0 Å². The maximum atomic E-state index is 12.9. The molecule has 0 fully saturated rings. The lowest BCUT2D eigenvalue weighted by atomic mass is 10.0. The number of nitrogens with zero attached hydrogens (tertiary/aromatic N) is 2. The van der Waals surface area contributed by atoms with Crippen molar-refractivity contribution in [3.63, 3.8) is 0 Å². The first-order chi connectivity index (χ1) is 14.1. The number of imide groups is 1. The number of hydrogen-bond donors (Lipinski definition) is 0. The Morgan fingerprint density at radius 1 is 0.759 bits per heavy atom. The molecule has 5 nitrogen and oxygen atoms in total. The van der Waals surface area contributed by atoms with E-state index in [-0.39, 0.29) is 17.7 Å². The van der Waals surface area contributed by atoms with Gasteiger partial charge in [0.25, 0.3) is 11.8 Å². The monoisotopic (exact) mass is 382 g/mol. The molecule has 3 aromatic carbocycles. The average Bonchev–Trinajstić information content (AvgIpc) is 2.88. The average molecular weight is 382 g/mol. The second-order valence-corrected chi connectivity index (χ2v) is 7.29. The van der Waals surface area contributed by atoms with Crippen molar-refractivity contribution < 1.29 is 14.4 Å². The van der Waals surface area contributed by atoms with Crippen LogP contribution in [0.15, 0.2) is 66.7 Å². The zero-order valence-corrected chi connectivity index (χ0v) is 15.9. The highest BCUT2D eigenvalue weighted by Gasteiger charge is 2.37. The van der Waals surface area contributed by atoms with E-state index < -0.39 is 0 Å². The smallest absolute Gasteiger partial charge is 0.266 e. The molecule has 0 aliphatic carbocycles. The van der Waals surface area contributed by atoms with Gasteiger partial charge in [-0.3, -0.25) is 19.3 Å². The van der Waals surface area contributed by atoms with Crippen LogP contribution in [0.4, 0.5) is 17.1 Å². The third-order valence-corrected chi connectivity index (χ3v) is 5.57. The molecule has 0 spiro atoms. The fourth-order valence-electron chi connectivity index (χ4n) is 4.21. The molecule has 0 N–H and O–H groups in total. The van der Waals surface area contributed by atoms with Gasteiger partial charge in [0.2, 0.25) is 5.91 Å². The van der Waals surface area contributed by atoms with Crippen LogP contribution in [-0.2, 0) is 17.6 Å². The third-order valence-electron chi connectivity index (χ3n) is 5.57. The van der Waals surface area contributed by atoms with E-state index in [0.29, 0.717) is 16.8 Å². The highest BCUT2D eigenvalue weighted by atomic mass is 16.2. The Labute approximate surface area is 168 Å². The summed E-state index contributed by atoms with van der Waals surface area (Å²) < 4.78 is 0. The standard InChI is InChI=1S/C24H18N2O3/c1-15(27)25-21-9-5-2-6-16(21)10-11-17-12-13-18(14-22(17)25)26-23(28)19-7-3-4-8-20(19)24(26)29/h2-9,12-14H,10-11H2,1H3. The lowest BCUT2D eigenvalue weighted by molar-refractivity contribution is -0.115. The molecule has 142 valence electrons. The van der Waals surface area contributed by atoms with E-state index in [1.807, 2.05) is 30.3 Å². The molecule has 2 aliphatic rings. The highest BCUT2D eigenvalue weighted by Crippen LogP contribution is 2.39. The van der Waals surface area contributed by atoms with Crippen LogP contribution in [-0.4, -0.2) is 17.7 Å². The van der Waals surface area contributed by atoms with E-state index in [9.17, 15) is 14.4 Å². The Morgan fingerprint density at radius 3 is 2.00 bits per heavy atom. The molecule has 5 rings (SSSR count). The van der Waals surface area contributed by atoms with Gasteiger partial charge >= 0.3 is 0 Å². The predicted octanol–water partition coefficient (Wildman–Crippen LogP) is 4.27. The number of amides is 3. The summed E-state index contributed by atoms with van der Waals surface area (Å²) in [5, 5.41) is 0. The maximum absolute atomic E-state index is 12.9. The second kappa shape index (κ2) is 6.41. The number of fused-ring (bicyclic) bond motifs is 3. The highest BCUT2D eigenvalue weighted by molar-refractivity contribution is 6.34. The molecule has 0 bridgehead atoms. The Bertz CT molecular complexity index is 1160. The minimum absolute atomic E-state index is 0.111. The van der Waals surface area contributed by atoms with Gasteiger partial charge in [0.15, 0.2) is 0 Å². The van der Waals surface area contributed by atoms with Crippen LogP contribution in [0.2, 0.25) is 0 Å². The van der Waals surface area contributed by atoms with Crippen molar-refractivity contribution >= 4 is 34.8 Å². The summed E-state index contributed by atoms with van der Waals surface area (Å²) in [6.07, 6.45) is 1.60. The van der Waals surface area contributed by atoms with Gasteiger partial charge < -0.3 is 0 Å². The number of rotatable bonds is 1. The summed E-state index contributed by atoms with van der Waals surface area (Å²) in [4.78, 5) is 41.2. The van der Waals surface area contributed by atoms with Crippen molar-refractivity contribution in [1.29, 1.82) is 0 Å². The summed E-state index contributed by atoms with van der Waals surface area (Å²) >= 11 is 0. The SMILES string of the molecule is CC(=O)N1c2ccccc2CCc2ccc(N3C(=O)c4ccccc4C3=O)cc21. The Kier molecular flexibility index (Phi) is 3.84. The van der Waals surface area contributed by atoms with Gasteiger partial charge in [-0.1, -0.05) is 36.4 Å². The lowest BCUT2D eigenvalue weighted by Crippen LogP contribution is -2.30. The molecule has 3 aromatic rings. The van der Waals surface area contributed by atoms with E-state index in [4.69, 9.17) is 0 Å². The first-order valence-corrected chi connectivity index (χ1v) is 9.55. The number of carbonyl (C=O) groups excluding carboxylic acids is 3. The first-order valence-electron chi connectivity index (χ1n) is 9.55. The first kappa shape index (κ1) is 17.4. The predicted molar refractivity (Wildman–Crippen MR) is 111 cm³/mol. The van der Waals surface area contributed by atoms with Crippen LogP contribution in [0.3, 0.4) is 0 Å². The van der Waals surface area contributed by atoms with Gasteiger partial charge in [-0.2, -0.15) is 0 Å². The topological polar surface area (TPSA) is 57.7 Å². The van der Waals surface area contributed by atoms with Gasteiger partial charge in [-0.15, -0.1) is 0 Å². The Morgan fingerprint density at radius 2 is 1.34 bits per heavy atom. The van der Waals surface area contributed by atoms with Crippen molar-refractivity contribution in [2.75, 3.05) is 9.80 Å². The molecule has 29 heavy (non-hydrogen) atoms. The van der Waals surface area contributed by atoms with Crippen LogP contribution in [0.5, 0.6) is 0 Å². The molecule has 0 atom stereocenters. The largest absolute Gasteiger partial charge is 0.281 e. The van der Waals surface area contributed by atoms with Crippen molar-refractivity contribution in [3.8, 4) is 0 Å². The van der Waals surface area contributed by atoms with Crippen LogP contribution in [0.25, 0.3) is 0 Å². The van der Waals surface area contributed by atoms with Crippen LogP contribution < -0.4 is 9.80 Å². The second-order valence-electron chi connectivity index (χ2n) is 7.29. The number of aryl methyl sites for hydroxylation is 2. The van der Waals surface area contributed by atoms with E-state index in [2.05, 4.69) is 0 Å². The molecule has 2 aliphatic heterocycles. The summed E-state index contributed by atoms with van der Waals surface area (Å²) in [6, 6.07) is 20.1. The van der Waals surface area contributed by atoms with Crippen LogP contribution >= 0.6 is 0 Å². The lowest BCUT2D eigenvalue weighted by Gasteiger charge is -2.25. The van der Waals surface area contributed by atoms with Gasteiger partial charge in [0.05, 0.1) is 28.2 Å². The van der Waals surface area contributed by atoms with Gasteiger partial charge in [-0.05, 0) is 54.3 Å². The number of para-hydroxylation sites is 1. The summed E-state index contributed by atoms with van der Waals surface area (Å²) in [5.74, 6) is -0.789. The summed E-state index contributed by atoms with van der Waals surface area (Å²) in [5.41, 5.74) is 4.95. The minimum atomic E-state index is -0.339. The van der Waals surface area contributed by atoms with Gasteiger partial charge in [0.1, 0.15) is 0 Å². The number of hydrogen-bond acceptors (Lipinski definition) is 3. The molecule has 2 heterocycles. The number of benzene rings is 3. The summed E-state index contributed by atoms with van der Waals surface area (Å²) in [6.45, 7) is 1.53. The normalized spacial score (nSPS) is 14.9. The van der Waals surface area contributed by atoms with Crippen LogP contribution in [0.1, 0.15) is 38.8 Å². The molecular formula is C24H18N2O3. The molecule has 0 radical (unpaired) electrons. The molecule has 0 unspecified atom stereocenters. The molecule has 0 saturated carbocycles. The minimum Gasteiger partial charge on any atom is -0.281 e. The Balaban J connectivity index is 1.65. The molecule has 0 saturated heterocycles. The molecule has 3 amide bonds. The maximum Gasteiger partial charge on any atom is 0.266 e. The van der Waals surface area contributed by atoms with Crippen LogP contribution in [0, 0.1) is 0 Å². The quantitative estimate of drug-likeness (QED) is 0.591. The molecule has 5 heteroatoms. The van der Waals surface area contributed by atoms with Gasteiger partial charge in [0, 0.05) is 6.92 Å². The van der Waals surface area contributed by atoms with Gasteiger partial charge in [-0.25, -0.2) is 4.90 Å². The van der Waals surface area contributed by atoms with Crippen molar-refractivity contribution in [2.24, 2.45) is 0 Å². The number of anilines is 3. The molecular weight excluding hydrogens is 364 g/mol. The molecule has 0 aromatic heterocycles. The fraction of sp³-hybridized carbons (Fsp3) is 0.125. The number of carbonyl (C=O) groups is 3. The summed E-state index contributed by atoms with van der Waals surface area (Å²) in [7, 11) is 0. The van der Waals surface area contributed by atoms with E-state index in [0.717, 1.165) is 35.3 Å². The zero-order chi connectivity index (χ0) is 20.1. The van der Waals surface area contributed by atoms with E-state index in [1.54, 1.807) is 41.3 Å². The van der Waals surface area contributed by atoms with Crippen molar-refractivity contribution in [3.05, 3.63) is 89.0 Å².